The number of hydrogen-bond acceptors (Lipinski definition) is 10. The summed E-state index contributed by atoms with van der Waals surface area (Å²) in [4.78, 5) is 82.1. The molecule has 3 N–H and O–H groups in total. The molecule has 1 aromatic heterocycles. The van der Waals surface area contributed by atoms with E-state index in [4.69, 9.17) is 14.0 Å². The highest BCUT2D eigenvalue weighted by Crippen LogP contribution is 2.30. The number of amides is 4. The fourth-order valence-corrected chi connectivity index (χ4v) is 6.95. The number of ether oxygens (including phenoxy) is 2. The Morgan fingerprint density at radius 3 is 2.25 bits per heavy atom. The number of nitrogens with one attached hydrogen (secondary N) is 3. The lowest BCUT2D eigenvalue weighted by atomic mass is 9.92. The normalized spacial score (nSPS) is 20.5. The molecule has 2 unspecified atom stereocenters. The van der Waals surface area contributed by atoms with Gasteiger partial charge in [-0.3, -0.25) is 28.8 Å². The van der Waals surface area contributed by atoms with E-state index in [1.807, 2.05) is 81.4 Å². The molecule has 2 aliphatic heterocycles. The lowest BCUT2D eigenvalue weighted by Gasteiger charge is -2.33. The number of nitrogens with zero attached hydrogens (tertiary/aromatic N) is 2. The molecule has 2 aromatic carbocycles. The van der Waals surface area contributed by atoms with Crippen LogP contribution in [0.2, 0.25) is 0 Å². The Morgan fingerprint density at radius 1 is 0.964 bits per heavy atom. The van der Waals surface area contributed by atoms with Crippen molar-refractivity contribution in [2.75, 3.05) is 6.61 Å². The molecule has 5 rings (SSSR count). The van der Waals surface area contributed by atoms with Gasteiger partial charge in [0.15, 0.2) is 18.2 Å². The van der Waals surface area contributed by atoms with Crippen LogP contribution in [-0.4, -0.2) is 87.9 Å². The van der Waals surface area contributed by atoms with E-state index in [1.54, 1.807) is 13.8 Å². The third-order valence-corrected chi connectivity index (χ3v) is 10.1. The quantitative estimate of drug-likeness (QED) is 0.113. The van der Waals surface area contributed by atoms with Crippen LogP contribution in [0.5, 0.6) is 0 Å². The Balaban J connectivity index is 1.30. The number of aryl methyl sites for hydroxylation is 1. The van der Waals surface area contributed by atoms with E-state index >= 15 is 0 Å². The summed E-state index contributed by atoms with van der Waals surface area (Å²) >= 11 is 0. The molecule has 3 aromatic rings. The van der Waals surface area contributed by atoms with Crippen molar-refractivity contribution < 1.29 is 42.8 Å². The van der Waals surface area contributed by atoms with Gasteiger partial charge in [-0.15, -0.1) is 0 Å². The average Bonchev–Trinajstić information content (AvgIpc) is 3.67. The van der Waals surface area contributed by atoms with Gasteiger partial charge in [-0.05, 0) is 56.6 Å². The van der Waals surface area contributed by atoms with Crippen LogP contribution in [0.3, 0.4) is 0 Å². The van der Waals surface area contributed by atoms with Gasteiger partial charge in [0.25, 0.3) is 0 Å². The second-order valence-corrected chi connectivity index (χ2v) is 15.3. The molecule has 0 bridgehead atoms. The van der Waals surface area contributed by atoms with Gasteiger partial charge in [0.05, 0.1) is 24.8 Å². The smallest absolute Gasteiger partial charge is 0.305 e. The second kappa shape index (κ2) is 19.0. The number of epoxide rings is 1. The van der Waals surface area contributed by atoms with Gasteiger partial charge in [-0.25, -0.2) is 0 Å². The Morgan fingerprint density at radius 2 is 1.62 bits per heavy atom. The lowest BCUT2D eigenvalue weighted by molar-refractivity contribution is -0.145. The summed E-state index contributed by atoms with van der Waals surface area (Å²) in [6.45, 7) is 9.33. The first kappa shape index (κ1) is 41.8. The average molecular weight is 772 g/mol. The van der Waals surface area contributed by atoms with E-state index in [2.05, 4.69) is 21.1 Å². The predicted molar refractivity (Wildman–Crippen MR) is 205 cm³/mol. The number of rotatable bonds is 20. The molecular weight excluding hydrogens is 718 g/mol. The van der Waals surface area contributed by atoms with E-state index in [1.165, 1.54) is 11.0 Å². The van der Waals surface area contributed by atoms with E-state index in [0.29, 0.717) is 25.1 Å². The summed E-state index contributed by atoms with van der Waals surface area (Å²) in [5.74, 6) is -2.15. The maximum Gasteiger partial charge on any atom is 0.305 e. The zero-order valence-electron chi connectivity index (χ0n) is 32.7. The number of benzene rings is 2. The number of esters is 1. The molecule has 6 atom stereocenters. The molecule has 0 spiro atoms. The Hall–Kier alpha value is -5.37. The summed E-state index contributed by atoms with van der Waals surface area (Å²) < 4.78 is 15.7. The SMILES string of the molecule is CCC(=O)OCc1cc(CC(=O)N[C@@H](CCc2ccccc2)C(=O)N[C@H]2CC(C)N([C@@H](Cc3ccccc3)C(=O)N[C@@H](CC(C)C)C(=O)C3(C)CO3)C2=O)no1. The van der Waals surface area contributed by atoms with Crippen molar-refractivity contribution in [3.8, 4) is 0 Å². The molecule has 0 saturated carbocycles. The van der Waals surface area contributed by atoms with E-state index in [9.17, 15) is 28.8 Å². The number of carbonyl (C=O) groups is 6. The van der Waals surface area contributed by atoms with Gasteiger partial charge in [0, 0.05) is 24.9 Å². The summed E-state index contributed by atoms with van der Waals surface area (Å²) in [5, 5.41) is 12.5. The number of aromatic nitrogens is 1. The Kier molecular flexibility index (Phi) is 14.2. The van der Waals surface area contributed by atoms with Gasteiger partial charge < -0.3 is 34.8 Å². The minimum Gasteiger partial charge on any atom is -0.457 e. The van der Waals surface area contributed by atoms with Gasteiger partial charge in [0.2, 0.25) is 23.6 Å². The van der Waals surface area contributed by atoms with Gasteiger partial charge >= 0.3 is 5.97 Å². The molecule has 4 amide bonds. The van der Waals surface area contributed by atoms with Crippen molar-refractivity contribution in [1.82, 2.24) is 26.0 Å². The van der Waals surface area contributed by atoms with E-state index in [-0.39, 0.29) is 56.2 Å². The molecule has 0 radical (unpaired) electrons. The molecule has 0 aliphatic carbocycles. The molecule has 3 heterocycles. The highest BCUT2D eigenvalue weighted by atomic mass is 16.6. The third-order valence-electron chi connectivity index (χ3n) is 10.1. The maximum atomic E-state index is 14.2. The van der Waals surface area contributed by atoms with Crippen molar-refractivity contribution in [3.05, 3.63) is 89.3 Å². The van der Waals surface area contributed by atoms with Crippen molar-refractivity contribution in [2.45, 2.75) is 122 Å². The zero-order chi connectivity index (χ0) is 40.4. The first-order valence-corrected chi connectivity index (χ1v) is 19.3. The molecule has 2 fully saturated rings. The molecular formula is C42H53N5O9. The van der Waals surface area contributed by atoms with Crippen LogP contribution in [0, 0.1) is 5.92 Å². The summed E-state index contributed by atoms with van der Waals surface area (Å²) in [7, 11) is 0. The first-order valence-electron chi connectivity index (χ1n) is 19.3. The Labute approximate surface area is 327 Å². The van der Waals surface area contributed by atoms with Crippen LogP contribution >= 0.6 is 0 Å². The number of hydrogen-bond donors (Lipinski definition) is 3. The maximum absolute atomic E-state index is 14.2. The largest absolute Gasteiger partial charge is 0.457 e. The monoisotopic (exact) mass is 771 g/mol. The van der Waals surface area contributed by atoms with Crippen LogP contribution in [-0.2, 0) is 64.1 Å². The highest BCUT2D eigenvalue weighted by Gasteiger charge is 2.51. The molecule has 56 heavy (non-hydrogen) atoms. The molecule has 14 heteroatoms. The molecule has 2 saturated heterocycles. The van der Waals surface area contributed by atoms with Gasteiger partial charge in [-0.2, -0.15) is 0 Å². The fourth-order valence-electron chi connectivity index (χ4n) is 6.95. The topological polar surface area (TPSA) is 190 Å². The molecule has 2 aliphatic rings. The second-order valence-electron chi connectivity index (χ2n) is 15.3. The van der Waals surface area contributed by atoms with Crippen molar-refractivity contribution in [1.29, 1.82) is 0 Å². The van der Waals surface area contributed by atoms with E-state index in [0.717, 1.165) is 11.1 Å². The Bertz CT molecular complexity index is 1840. The predicted octanol–water partition coefficient (Wildman–Crippen LogP) is 3.39. The number of ketones is 1. The molecule has 14 nitrogen and oxygen atoms in total. The van der Waals surface area contributed by atoms with Crippen molar-refractivity contribution in [2.24, 2.45) is 5.92 Å². The van der Waals surface area contributed by atoms with Crippen LogP contribution in [0.1, 0.15) is 82.9 Å². The van der Waals surface area contributed by atoms with Crippen molar-refractivity contribution in [3.63, 3.8) is 0 Å². The standard InChI is InChI=1S/C42H53N5O9/c1-6-37(49)54-24-31-22-30(46-56-31)23-36(48)43-32(18-17-28-13-9-7-10-14-28)39(51)45-34-20-27(4)47(41(34)53)35(21-29-15-11-8-12-16-29)40(52)44-33(19-26(2)3)38(50)42(5)25-55-42/h7-16,22,26-27,32-35H,6,17-21,23-25H2,1-5H3,(H,43,48)(H,44,52)(H,45,51)/t27?,32-,33-,34-,35-,42?/m0/s1. The van der Waals surface area contributed by atoms with Gasteiger partial charge in [0.1, 0.15) is 23.7 Å². The van der Waals surface area contributed by atoms with Crippen molar-refractivity contribution >= 4 is 35.4 Å². The molecule has 300 valence electrons. The third kappa shape index (κ3) is 11.3. The lowest BCUT2D eigenvalue weighted by Crippen LogP contribution is -2.57. The van der Waals surface area contributed by atoms with Gasteiger partial charge in [-0.1, -0.05) is 86.6 Å². The summed E-state index contributed by atoms with van der Waals surface area (Å²) in [5.41, 5.74) is 1.14. The highest BCUT2D eigenvalue weighted by molar-refractivity contribution is 5.99. The van der Waals surface area contributed by atoms with Crippen LogP contribution < -0.4 is 16.0 Å². The van der Waals surface area contributed by atoms with Crippen LogP contribution in [0.15, 0.2) is 71.3 Å². The van der Waals surface area contributed by atoms with Crippen LogP contribution in [0.4, 0.5) is 0 Å². The number of Topliss-reactive ketones (excluding diaryl/α,β-unsaturated/α-hetero) is 1. The van der Waals surface area contributed by atoms with Crippen LogP contribution in [0.25, 0.3) is 0 Å². The summed E-state index contributed by atoms with van der Waals surface area (Å²) in [6, 6.07) is 16.2. The minimum atomic E-state index is -1.01. The summed E-state index contributed by atoms with van der Waals surface area (Å²) in [6.07, 6.45) is 1.55. The first-order chi connectivity index (χ1) is 26.8. The number of likely N-dealkylation sites (tertiary alicyclic amines) is 1. The van der Waals surface area contributed by atoms with E-state index < -0.39 is 65.4 Å². The number of carbonyl (C=O) groups excluding carboxylic acids is 6. The zero-order valence-corrected chi connectivity index (χ0v) is 32.7. The minimum absolute atomic E-state index is 0.104. The fraction of sp³-hybridized carbons (Fsp3) is 0.500.